The Hall–Kier alpha value is -3.03. The molecule has 1 saturated heterocycles. The number of nitrogens with one attached hydrogen (secondary N) is 2. The van der Waals surface area contributed by atoms with Gasteiger partial charge in [0.25, 0.3) is 0 Å². The van der Waals surface area contributed by atoms with E-state index in [2.05, 4.69) is 20.5 Å². The maximum Gasteiger partial charge on any atom is 0.313 e. The third-order valence-electron chi connectivity index (χ3n) is 4.52. The van der Waals surface area contributed by atoms with E-state index >= 15 is 0 Å². The Balaban J connectivity index is 1.42. The van der Waals surface area contributed by atoms with Crippen molar-refractivity contribution in [2.45, 2.75) is 12.8 Å². The van der Waals surface area contributed by atoms with Gasteiger partial charge in [-0.2, -0.15) is 0 Å². The van der Waals surface area contributed by atoms with Crippen LogP contribution >= 0.6 is 0 Å². The third-order valence-corrected chi connectivity index (χ3v) is 4.52. The lowest BCUT2D eigenvalue weighted by molar-refractivity contribution is -0.136. The highest BCUT2D eigenvalue weighted by molar-refractivity contribution is 6.39. The first kappa shape index (κ1) is 18.8. The maximum atomic E-state index is 13.1. The maximum absolute atomic E-state index is 13.1. The van der Waals surface area contributed by atoms with Gasteiger partial charge in [0.05, 0.1) is 0 Å². The number of benzene rings is 1. The monoisotopic (exact) mass is 374 g/mol. The molecule has 0 unspecified atom stereocenters. The molecular weight excluding hydrogens is 354 g/mol. The minimum absolute atomic E-state index is 0.0257. The Labute approximate surface area is 155 Å². The van der Waals surface area contributed by atoms with Gasteiger partial charge in [-0.15, -0.1) is 0 Å². The average Bonchev–Trinajstić information content (AvgIpc) is 2.70. The SMILES string of the molecule is O=C(NCC1CCN(c2ccccn2)CC1)C(=O)Nc1ccc(F)c(F)c1. The summed E-state index contributed by atoms with van der Waals surface area (Å²) in [7, 11) is 0. The van der Waals surface area contributed by atoms with Gasteiger partial charge in [-0.3, -0.25) is 9.59 Å². The first-order valence-electron chi connectivity index (χ1n) is 8.73. The molecule has 0 saturated carbocycles. The van der Waals surface area contributed by atoms with Crippen LogP contribution in [-0.4, -0.2) is 36.4 Å². The van der Waals surface area contributed by atoms with Crippen LogP contribution in [-0.2, 0) is 9.59 Å². The molecule has 0 atom stereocenters. The van der Waals surface area contributed by atoms with Gasteiger partial charge in [0.15, 0.2) is 11.6 Å². The highest BCUT2D eigenvalue weighted by Gasteiger charge is 2.22. The van der Waals surface area contributed by atoms with Crippen molar-refractivity contribution in [1.29, 1.82) is 0 Å². The number of aromatic nitrogens is 1. The van der Waals surface area contributed by atoms with Gasteiger partial charge in [0.2, 0.25) is 0 Å². The average molecular weight is 374 g/mol. The highest BCUT2D eigenvalue weighted by atomic mass is 19.2. The first-order valence-corrected chi connectivity index (χ1v) is 8.73. The molecule has 3 rings (SSSR count). The van der Waals surface area contributed by atoms with Crippen LogP contribution in [0.4, 0.5) is 20.3 Å². The molecule has 6 nitrogen and oxygen atoms in total. The summed E-state index contributed by atoms with van der Waals surface area (Å²) in [6.45, 7) is 2.05. The van der Waals surface area contributed by atoms with Gasteiger partial charge in [-0.25, -0.2) is 13.8 Å². The number of anilines is 2. The zero-order valence-corrected chi connectivity index (χ0v) is 14.6. The van der Waals surface area contributed by atoms with E-state index in [0.29, 0.717) is 6.54 Å². The second-order valence-corrected chi connectivity index (χ2v) is 6.41. The zero-order chi connectivity index (χ0) is 19.2. The van der Waals surface area contributed by atoms with Gasteiger partial charge >= 0.3 is 11.8 Å². The molecule has 2 heterocycles. The van der Waals surface area contributed by atoms with E-state index in [9.17, 15) is 18.4 Å². The number of pyridine rings is 1. The van der Waals surface area contributed by atoms with E-state index in [1.165, 1.54) is 6.07 Å². The molecule has 1 fully saturated rings. The van der Waals surface area contributed by atoms with Crippen LogP contribution in [0.15, 0.2) is 42.6 Å². The largest absolute Gasteiger partial charge is 0.357 e. The van der Waals surface area contributed by atoms with Crippen LogP contribution in [0, 0.1) is 17.6 Å². The van der Waals surface area contributed by atoms with Gasteiger partial charge in [-0.05, 0) is 43.0 Å². The summed E-state index contributed by atoms with van der Waals surface area (Å²) in [5.74, 6) is -2.61. The predicted octanol–water partition coefficient (Wildman–Crippen LogP) is 2.33. The van der Waals surface area contributed by atoms with E-state index in [4.69, 9.17) is 0 Å². The summed E-state index contributed by atoms with van der Waals surface area (Å²) in [4.78, 5) is 30.3. The number of hydrogen-bond acceptors (Lipinski definition) is 4. The predicted molar refractivity (Wildman–Crippen MR) is 97.2 cm³/mol. The van der Waals surface area contributed by atoms with Crippen molar-refractivity contribution in [3.8, 4) is 0 Å². The Kier molecular flexibility index (Phi) is 5.95. The van der Waals surface area contributed by atoms with Crippen molar-refractivity contribution in [2.24, 2.45) is 5.92 Å². The molecule has 2 aromatic rings. The van der Waals surface area contributed by atoms with Gasteiger partial charge in [0.1, 0.15) is 5.82 Å². The summed E-state index contributed by atoms with van der Waals surface area (Å²) in [5, 5.41) is 4.85. The summed E-state index contributed by atoms with van der Waals surface area (Å²) < 4.78 is 26.0. The summed E-state index contributed by atoms with van der Waals surface area (Å²) in [6.07, 6.45) is 3.51. The molecular formula is C19H20F2N4O2. The number of nitrogens with zero attached hydrogens (tertiary/aromatic N) is 2. The number of halogens is 2. The molecule has 0 spiro atoms. The highest BCUT2D eigenvalue weighted by Crippen LogP contribution is 2.21. The van der Waals surface area contributed by atoms with Crippen molar-refractivity contribution in [3.63, 3.8) is 0 Å². The fourth-order valence-corrected chi connectivity index (χ4v) is 2.99. The van der Waals surface area contributed by atoms with Crippen LogP contribution in [0.2, 0.25) is 0 Å². The van der Waals surface area contributed by atoms with Crippen LogP contribution in [0.1, 0.15) is 12.8 Å². The van der Waals surface area contributed by atoms with E-state index in [-0.39, 0.29) is 11.6 Å². The van der Waals surface area contributed by atoms with Gasteiger partial charge in [0, 0.05) is 37.6 Å². The number of piperidine rings is 1. The quantitative estimate of drug-likeness (QED) is 0.806. The lowest BCUT2D eigenvalue weighted by Gasteiger charge is -2.32. The molecule has 2 amide bonds. The summed E-state index contributed by atoms with van der Waals surface area (Å²) in [6, 6.07) is 8.69. The normalized spacial score (nSPS) is 14.7. The van der Waals surface area contributed by atoms with Crippen molar-refractivity contribution >= 4 is 23.3 Å². The summed E-state index contributed by atoms with van der Waals surface area (Å²) >= 11 is 0. The molecule has 27 heavy (non-hydrogen) atoms. The third kappa shape index (κ3) is 4.99. The van der Waals surface area contributed by atoms with Crippen LogP contribution in [0.5, 0.6) is 0 Å². The number of carbonyl (C=O) groups excluding carboxylic acids is 2. The molecule has 1 aliphatic heterocycles. The molecule has 1 aromatic heterocycles. The minimum Gasteiger partial charge on any atom is -0.357 e. The van der Waals surface area contributed by atoms with Gasteiger partial charge < -0.3 is 15.5 Å². The van der Waals surface area contributed by atoms with Crippen molar-refractivity contribution in [1.82, 2.24) is 10.3 Å². The molecule has 2 N–H and O–H groups in total. The molecule has 1 aliphatic rings. The zero-order valence-electron chi connectivity index (χ0n) is 14.6. The topological polar surface area (TPSA) is 74.3 Å². The Morgan fingerprint density at radius 2 is 1.85 bits per heavy atom. The van der Waals surface area contributed by atoms with E-state index in [1.807, 2.05) is 18.2 Å². The standard InChI is InChI=1S/C19H20F2N4O2/c20-15-5-4-14(11-16(15)21)24-19(27)18(26)23-12-13-6-9-25(10-7-13)17-3-1-2-8-22-17/h1-5,8,11,13H,6-7,9-10,12H2,(H,23,26)(H,24,27). The van der Waals surface area contributed by atoms with Crippen LogP contribution in [0.3, 0.4) is 0 Å². The minimum atomic E-state index is -1.09. The fourth-order valence-electron chi connectivity index (χ4n) is 2.99. The molecule has 0 radical (unpaired) electrons. The number of hydrogen-bond donors (Lipinski definition) is 2. The molecule has 8 heteroatoms. The van der Waals surface area contributed by atoms with Crippen molar-refractivity contribution in [2.75, 3.05) is 29.9 Å². The summed E-state index contributed by atoms with van der Waals surface area (Å²) in [5.41, 5.74) is 0.0257. The fraction of sp³-hybridized carbons (Fsp3) is 0.316. The number of rotatable bonds is 4. The molecule has 142 valence electrons. The van der Waals surface area contributed by atoms with E-state index < -0.39 is 23.4 Å². The van der Waals surface area contributed by atoms with Gasteiger partial charge in [-0.1, -0.05) is 6.07 Å². The van der Waals surface area contributed by atoms with Crippen molar-refractivity contribution < 1.29 is 18.4 Å². The Bertz CT molecular complexity index is 809. The second-order valence-electron chi connectivity index (χ2n) is 6.41. The van der Waals surface area contributed by atoms with Crippen LogP contribution in [0.25, 0.3) is 0 Å². The molecule has 1 aromatic carbocycles. The van der Waals surface area contributed by atoms with E-state index in [0.717, 1.165) is 43.9 Å². The Morgan fingerprint density at radius 1 is 1.07 bits per heavy atom. The molecule has 0 aliphatic carbocycles. The molecule has 0 bridgehead atoms. The lowest BCUT2D eigenvalue weighted by Crippen LogP contribution is -2.42. The first-order chi connectivity index (χ1) is 13.0. The smallest absolute Gasteiger partial charge is 0.313 e. The second kappa shape index (κ2) is 8.57. The Morgan fingerprint density at radius 3 is 2.52 bits per heavy atom. The van der Waals surface area contributed by atoms with E-state index in [1.54, 1.807) is 6.20 Å². The number of amides is 2. The van der Waals surface area contributed by atoms with Crippen LogP contribution < -0.4 is 15.5 Å². The van der Waals surface area contributed by atoms with Crippen molar-refractivity contribution in [3.05, 3.63) is 54.2 Å². The number of carbonyl (C=O) groups is 2. The lowest BCUT2D eigenvalue weighted by atomic mass is 9.97.